The van der Waals surface area contributed by atoms with Crippen LogP contribution in [-0.4, -0.2) is 43.7 Å². The largest absolute Gasteiger partial charge is 0.486 e. The number of anilines is 2. The first kappa shape index (κ1) is 12.9. The third-order valence-corrected chi connectivity index (χ3v) is 3.70. The Labute approximate surface area is 117 Å². The Morgan fingerprint density at radius 1 is 1.30 bits per heavy atom. The molecular formula is C14H19N3O3. The molecule has 1 amide bonds. The van der Waals surface area contributed by atoms with Crippen LogP contribution in [0.15, 0.2) is 12.1 Å². The number of piperidine rings is 1. The highest BCUT2D eigenvalue weighted by atomic mass is 16.6. The molecule has 6 heteroatoms. The second kappa shape index (κ2) is 5.11. The quantitative estimate of drug-likeness (QED) is 0.791. The topological polar surface area (TPSA) is 76.8 Å². The Hall–Kier alpha value is -2.11. The van der Waals surface area contributed by atoms with E-state index in [1.165, 1.54) is 0 Å². The van der Waals surface area contributed by atoms with Crippen molar-refractivity contribution in [2.75, 3.05) is 37.9 Å². The van der Waals surface area contributed by atoms with E-state index in [-0.39, 0.29) is 11.9 Å². The van der Waals surface area contributed by atoms with Crippen LogP contribution in [0, 0.1) is 0 Å². The summed E-state index contributed by atoms with van der Waals surface area (Å²) in [7, 11) is 1.82. The number of hydrogen-bond donors (Lipinski definition) is 2. The predicted octanol–water partition coefficient (Wildman–Crippen LogP) is 1.07. The number of nitrogens with two attached hydrogens (primary N) is 1. The molecule has 0 aromatic heterocycles. The zero-order valence-corrected chi connectivity index (χ0v) is 11.5. The van der Waals surface area contributed by atoms with Gasteiger partial charge in [0.2, 0.25) is 5.91 Å². The molecule has 0 aliphatic carbocycles. The van der Waals surface area contributed by atoms with Crippen molar-refractivity contribution in [1.29, 1.82) is 0 Å². The highest BCUT2D eigenvalue weighted by Gasteiger charge is 2.24. The van der Waals surface area contributed by atoms with Crippen molar-refractivity contribution in [3.63, 3.8) is 0 Å². The molecule has 20 heavy (non-hydrogen) atoms. The number of likely N-dealkylation sites (N-methyl/N-ethyl adjacent to an activating group) is 1. The fourth-order valence-electron chi connectivity index (χ4n) is 2.58. The second-order valence-electron chi connectivity index (χ2n) is 5.24. The molecule has 6 nitrogen and oxygen atoms in total. The fourth-order valence-corrected chi connectivity index (χ4v) is 2.58. The minimum absolute atomic E-state index is 0.193. The summed E-state index contributed by atoms with van der Waals surface area (Å²) in [5, 5.41) is 3.40. The SMILES string of the molecule is CN1CC(Nc2cc3c(cc2N)OCCO3)CCC1=O. The lowest BCUT2D eigenvalue weighted by Crippen LogP contribution is -2.43. The number of hydrogen-bond acceptors (Lipinski definition) is 5. The van der Waals surface area contributed by atoms with Gasteiger partial charge in [-0.25, -0.2) is 0 Å². The lowest BCUT2D eigenvalue weighted by Gasteiger charge is -2.31. The maximum Gasteiger partial charge on any atom is 0.222 e. The van der Waals surface area contributed by atoms with E-state index in [1.807, 2.05) is 13.1 Å². The molecule has 1 aromatic carbocycles. The summed E-state index contributed by atoms with van der Waals surface area (Å²) in [5.41, 5.74) is 7.51. The van der Waals surface area contributed by atoms with Crippen LogP contribution in [0.3, 0.4) is 0 Å². The van der Waals surface area contributed by atoms with Crippen molar-refractivity contribution in [2.45, 2.75) is 18.9 Å². The lowest BCUT2D eigenvalue weighted by atomic mass is 10.0. The third kappa shape index (κ3) is 2.45. The number of amides is 1. The van der Waals surface area contributed by atoms with Crippen LogP contribution in [0.4, 0.5) is 11.4 Å². The van der Waals surface area contributed by atoms with Crippen LogP contribution in [0.5, 0.6) is 11.5 Å². The van der Waals surface area contributed by atoms with E-state index < -0.39 is 0 Å². The second-order valence-corrected chi connectivity index (χ2v) is 5.24. The van der Waals surface area contributed by atoms with Gasteiger partial charge in [-0.1, -0.05) is 0 Å². The van der Waals surface area contributed by atoms with Gasteiger partial charge in [0.15, 0.2) is 11.5 Å². The minimum atomic E-state index is 0.193. The molecule has 2 aliphatic rings. The molecule has 108 valence electrons. The Balaban J connectivity index is 1.75. The summed E-state index contributed by atoms with van der Waals surface area (Å²) in [5.74, 6) is 1.60. The number of rotatable bonds is 2. The number of carbonyl (C=O) groups is 1. The van der Waals surface area contributed by atoms with Gasteiger partial charge in [0.1, 0.15) is 13.2 Å². The summed E-state index contributed by atoms with van der Waals surface area (Å²) in [6.45, 7) is 1.79. The molecule has 3 N–H and O–H groups in total. The van der Waals surface area contributed by atoms with Crippen molar-refractivity contribution in [3.05, 3.63) is 12.1 Å². The number of likely N-dealkylation sites (tertiary alicyclic amines) is 1. The Bertz CT molecular complexity index is 533. The molecule has 0 saturated carbocycles. The van der Waals surface area contributed by atoms with E-state index in [0.29, 0.717) is 43.4 Å². The van der Waals surface area contributed by atoms with Crippen LogP contribution in [0.25, 0.3) is 0 Å². The van der Waals surface area contributed by atoms with E-state index in [2.05, 4.69) is 5.32 Å². The summed E-state index contributed by atoms with van der Waals surface area (Å²) in [4.78, 5) is 13.2. The summed E-state index contributed by atoms with van der Waals surface area (Å²) >= 11 is 0. The van der Waals surface area contributed by atoms with E-state index in [9.17, 15) is 4.79 Å². The number of benzene rings is 1. The van der Waals surface area contributed by atoms with E-state index in [0.717, 1.165) is 12.1 Å². The van der Waals surface area contributed by atoms with Crippen LogP contribution < -0.4 is 20.5 Å². The predicted molar refractivity (Wildman–Crippen MR) is 76.1 cm³/mol. The molecule has 2 aliphatic heterocycles. The Morgan fingerprint density at radius 2 is 2.00 bits per heavy atom. The Kier molecular flexibility index (Phi) is 3.30. The first-order valence-electron chi connectivity index (χ1n) is 6.83. The van der Waals surface area contributed by atoms with Crippen molar-refractivity contribution in [3.8, 4) is 11.5 Å². The molecule has 0 radical (unpaired) electrons. The van der Waals surface area contributed by atoms with E-state index in [4.69, 9.17) is 15.2 Å². The molecule has 0 bridgehead atoms. The first-order valence-corrected chi connectivity index (χ1v) is 6.83. The molecule has 1 atom stereocenters. The molecule has 1 aromatic rings. The van der Waals surface area contributed by atoms with Crippen molar-refractivity contribution in [1.82, 2.24) is 4.90 Å². The molecule has 1 fully saturated rings. The molecule has 2 heterocycles. The number of nitrogens with zero attached hydrogens (tertiary/aromatic N) is 1. The highest BCUT2D eigenvalue weighted by Crippen LogP contribution is 2.37. The number of nitrogen functional groups attached to an aromatic ring is 1. The van der Waals surface area contributed by atoms with Gasteiger partial charge < -0.3 is 25.4 Å². The molecule has 0 spiro atoms. The first-order chi connectivity index (χ1) is 9.63. The lowest BCUT2D eigenvalue weighted by molar-refractivity contribution is -0.132. The van der Waals surface area contributed by atoms with Crippen molar-refractivity contribution in [2.24, 2.45) is 0 Å². The standard InChI is InChI=1S/C14H19N3O3/c1-17-8-9(2-3-14(17)18)16-11-7-13-12(6-10(11)15)19-4-5-20-13/h6-7,9,16H,2-5,8,15H2,1H3. The number of fused-ring (bicyclic) bond motifs is 1. The zero-order chi connectivity index (χ0) is 14.1. The van der Waals surface area contributed by atoms with Gasteiger partial charge in [-0.15, -0.1) is 0 Å². The van der Waals surface area contributed by atoms with Crippen LogP contribution >= 0.6 is 0 Å². The highest BCUT2D eigenvalue weighted by molar-refractivity contribution is 5.77. The molecule has 3 rings (SSSR count). The van der Waals surface area contributed by atoms with Crippen LogP contribution in [0.1, 0.15) is 12.8 Å². The maximum absolute atomic E-state index is 11.5. The smallest absolute Gasteiger partial charge is 0.222 e. The fraction of sp³-hybridized carbons (Fsp3) is 0.500. The zero-order valence-electron chi connectivity index (χ0n) is 11.5. The van der Waals surface area contributed by atoms with Gasteiger partial charge in [0.05, 0.1) is 11.4 Å². The van der Waals surface area contributed by atoms with Gasteiger partial charge in [0, 0.05) is 38.2 Å². The normalized spacial score (nSPS) is 21.8. The number of ether oxygens (including phenoxy) is 2. The number of carbonyl (C=O) groups excluding carboxylic acids is 1. The van der Waals surface area contributed by atoms with E-state index in [1.54, 1.807) is 11.0 Å². The van der Waals surface area contributed by atoms with Crippen LogP contribution in [-0.2, 0) is 4.79 Å². The third-order valence-electron chi connectivity index (χ3n) is 3.70. The maximum atomic E-state index is 11.5. The van der Waals surface area contributed by atoms with Crippen LogP contribution in [0.2, 0.25) is 0 Å². The summed E-state index contributed by atoms with van der Waals surface area (Å²) in [6, 6.07) is 3.87. The van der Waals surface area contributed by atoms with Gasteiger partial charge in [0.25, 0.3) is 0 Å². The van der Waals surface area contributed by atoms with E-state index >= 15 is 0 Å². The monoisotopic (exact) mass is 277 g/mol. The van der Waals surface area contributed by atoms with Gasteiger partial charge in [-0.05, 0) is 6.42 Å². The summed E-state index contributed by atoms with van der Waals surface area (Å²) in [6.07, 6.45) is 1.38. The van der Waals surface area contributed by atoms with Crippen molar-refractivity contribution < 1.29 is 14.3 Å². The minimum Gasteiger partial charge on any atom is -0.486 e. The summed E-state index contributed by atoms with van der Waals surface area (Å²) < 4.78 is 11.1. The van der Waals surface area contributed by atoms with Gasteiger partial charge in [-0.3, -0.25) is 4.79 Å². The number of nitrogens with one attached hydrogen (secondary N) is 1. The molecule has 1 unspecified atom stereocenters. The average Bonchev–Trinajstić information content (AvgIpc) is 2.44. The van der Waals surface area contributed by atoms with Gasteiger partial charge >= 0.3 is 0 Å². The Morgan fingerprint density at radius 3 is 2.70 bits per heavy atom. The molecule has 1 saturated heterocycles. The van der Waals surface area contributed by atoms with Crippen molar-refractivity contribution >= 4 is 17.3 Å². The average molecular weight is 277 g/mol. The van der Waals surface area contributed by atoms with Gasteiger partial charge in [-0.2, -0.15) is 0 Å². The molecular weight excluding hydrogens is 258 g/mol.